The molecule has 0 aliphatic rings. The van der Waals surface area contributed by atoms with Crippen LogP contribution in [0.4, 0.5) is 0 Å². The number of hydrogen-bond acceptors (Lipinski definition) is 6. The lowest BCUT2D eigenvalue weighted by atomic mass is 9.78. The van der Waals surface area contributed by atoms with E-state index < -0.39 is 0 Å². The second-order valence-corrected chi connectivity index (χ2v) is 20.5. The molecule has 6 N–H and O–H groups in total. The van der Waals surface area contributed by atoms with Gasteiger partial charge in [-0.2, -0.15) is 0 Å². The van der Waals surface area contributed by atoms with Crippen LogP contribution in [0.1, 0.15) is 187 Å². The number of nitrogens with one attached hydrogen (secondary N) is 4. The molecular weight excluding hydrogens is 818 g/mol. The van der Waals surface area contributed by atoms with Crippen molar-refractivity contribution < 1.29 is 10.2 Å². The second-order valence-electron chi connectivity index (χ2n) is 20.5. The molecule has 0 saturated heterocycles. The monoisotopic (exact) mass is 909 g/mol. The molecule has 2 aromatic rings. The summed E-state index contributed by atoms with van der Waals surface area (Å²) < 4.78 is 0. The van der Waals surface area contributed by atoms with Gasteiger partial charge in [0.1, 0.15) is 11.5 Å². The van der Waals surface area contributed by atoms with Gasteiger partial charge in [0, 0.05) is 0 Å². The van der Waals surface area contributed by atoms with E-state index in [2.05, 4.69) is 129 Å². The number of unbranched alkanes of at least 4 members (excludes halogenated alkanes) is 6. The van der Waals surface area contributed by atoms with Crippen LogP contribution in [-0.4, -0.2) is 62.6 Å². The lowest BCUT2D eigenvalue weighted by Crippen LogP contribution is -2.21. The third-order valence-electron chi connectivity index (χ3n) is 10.8. The Morgan fingerprint density at radius 2 is 0.508 bits per heavy atom. The van der Waals surface area contributed by atoms with Gasteiger partial charge in [-0.15, -0.1) is 49.6 Å². The molecule has 0 radical (unpaired) electrons. The van der Waals surface area contributed by atoms with E-state index in [1.54, 1.807) is 0 Å². The number of phenols is 2. The quantitative estimate of drug-likeness (QED) is 0.0527. The lowest BCUT2D eigenvalue weighted by Gasteiger charge is -2.28. The van der Waals surface area contributed by atoms with Crippen molar-refractivity contribution in [1.29, 1.82) is 0 Å². The van der Waals surface area contributed by atoms with Crippen molar-refractivity contribution in [3.63, 3.8) is 0 Å². The molecule has 2 rings (SSSR count). The minimum absolute atomic E-state index is 0. The number of rotatable bonds is 26. The van der Waals surface area contributed by atoms with Gasteiger partial charge in [-0.1, -0.05) is 127 Å². The molecule has 0 fully saturated rings. The van der Waals surface area contributed by atoms with E-state index in [1.807, 2.05) is 0 Å². The van der Waals surface area contributed by atoms with Crippen molar-refractivity contribution in [2.75, 3.05) is 52.4 Å². The molecule has 10 heteroatoms. The fourth-order valence-corrected chi connectivity index (χ4v) is 7.33. The van der Waals surface area contributed by atoms with Crippen LogP contribution in [0.15, 0.2) is 24.3 Å². The van der Waals surface area contributed by atoms with Crippen LogP contribution in [0.25, 0.3) is 0 Å². The summed E-state index contributed by atoms with van der Waals surface area (Å²) in [7, 11) is 0. The van der Waals surface area contributed by atoms with E-state index in [-0.39, 0.29) is 71.3 Å². The van der Waals surface area contributed by atoms with E-state index in [1.165, 1.54) is 68.9 Å². The zero-order chi connectivity index (χ0) is 41.1. The molecule has 59 heavy (non-hydrogen) atoms. The highest BCUT2D eigenvalue weighted by Crippen LogP contribution is 2.41. The first-order valence-corrected chi connectivity index (χ1v) is 22.3. The van der Waals surface area contributed by atoms with Gasteiger partial charge in [0.15, 0.2) is 0 Å². The molecule has 0 heterocycles. The molecule has 6 nitrogen and oxygen atoms in total. The van der Waals surface area contributed by atoms with Crippen LogP contribution in [-0.2, 0) is 34.5 Å². The summed E-state index contributed by atoms with van der Waals surface area (Å²) in [5, 5.41) is 36.5. The molecule has 0 spiro atoms. The van der Waals surface area contributed by atoms with Gasteiger partial charge in [0.25, 0.3) is 0 Å². The van der Waals surface area contributed by atoms with Crippen LogP contribution >= 0.6 is 49.6 Å². The van der Waals surface area contributed by atoms with Crippen molar-refractivity contribution in [3.05, 3.63) is 57.6 Å². The summed E-state index contributed by atoms with van der Waals surface area (Å²) in [4.78, 5) is 0. The molecule has 0 aromatic heterocycles. The van der Waals surface area contributed by atoms with Gasteiger partial charge in [-0.25, -0.2) is 0 Å². The third-order valence-corrected chi connectivity index (χ3v) is 10.8. The van der Waals surface area contributed by atoms with Crippen molar-refractivity contribution in [1.82, 2.24) is 21.3 Å². The lowest BCUT2D eigenvalue weighted by molar-refractivity contribution is 0.421. The number of aromatic hydroxyl groups is 2. The Morgan fingerprint density at radius 3 is 0.729 bits per heavy atom. The van der Waals surface area contributed by atoms with Crippen molar-refractivity contribution in [2.24, 2.45) is 0 Å². The van der Waals surface area contributed by atoms with Crippen LogP contribution in [0.5, 0.6) is 11.5 Å². The first kappa shape index (κ1) is 62.3. The van der Waals surface area contributed by atoms with Crippen molar-refractivity contribution in [2.45, 2.75) is 188 Å². The number of aryl methyl sites for hydroxylation is 2. The standard InChI is InChI=1S/C49H88N4O2.4ClH/c1-46(2,3)40-34-38(35-41(44(40)54)47(4,5)6)24-22-32-52-30-20-18-28-50-26-16-14-13-15-17-27-51-29-19-21-31-53-33-23-25-39-36-42(48(7,8)9)45(55)43(37-39)49(10,11)12;;;;/h34-37,50-55H,13-33H2,1-12H3;4*1H. The minimum atomic E-state index is -0.0711. The second kappa shape index (κ2) is 31.0. The van der Waals surface area contributed by atoms with Crippen LogP contribution in [0.3, 0.4) is 0 Å². The minimum Gasteiger partial charge on any atom is -0.507 e. The highest BCUT2D eigenvalue weighted by molar-refractivity contribution is 5.86. The van der Waals surface area contributed by atoms with Crippen LogP contribution in [0, 0.1) is 0 Å². The SMILES string of the molecule is CC(C)(C)c1cc(CCCNCCCCNCCCCCCCNCCCCNCCCc2cc(C(C)(C)C)c(O)c(C(C)(C)C)c2)cc(C(C)(C)C)c1O.Cl.Cl.Cl.Cl. The molecule has 348 valence electrons. The summed E-state index contributed by atoms with van der Waals surface area (Å²) >= 11 is 0. The van der Waals surface area contributed by atoms with Crippen LogP contribution in [0.2, 0.25) is 0 Å². The molecule has 0 aliphatic carbocycles. The molecule has 2 aromatic carbocycles. The first-order valence-electron chi connectivity index (χ1n) is 22.3. The van der Waals surface area contributed by atoms with Gasteiger partial charge in [-0.3, -0.25) is 0 Å². The summed E-state index contributed by atoms with van der Waals surface area (Å²) in [6.45, 7) is 35.0. The first-order chi connectivity index (χ1) is 25.7. The Balaban J connectivity index is -0.00000784. The van der Waals surface area contributed by atoms with E-state index in [0.717, 1.165) is 100 Å². The Morgan fingerprint density at radius 1 is 0.322 bits per heavy atom. The number of phenolic OH excluding ortho intramolecular Hbond substituents is 2. The molecule has 0 atom stereocenters. The molecule has 0 amide bonds. The molecule has 0 aliphatic heterocycles. The number of hydrogen-bond donors (Lipinski definition) is 6. The van der Waals surface area contributed by atoms with E-state index >= 15 is 0 Å². The largest absolute Gasteiger partial charge is 0.507 e. The molecule has 0 bridgehead atoms. The highest BCUT2D eigenvalue weighted by atomic mass is 35.5. The number of halogens is 4. The molecule has 0 unspecified atom stereocenters. The molecular formula is C49H92Cl4N4O2. The summed E-state index contributed by atoms with van der Waals surface area (Å²) in [5.74, 6) is 0.955. The maximum absolute atomic E-state index is 11.0. The smallest absolute Gasteiger partial charge is 0.123 e. The van der Waals surface area contributed by atoms with Gasteiger partial charge >= 0.3 is 0 Å². The van der Waals surface area contributed by atoms with Crippen LogP contribution < -0.4 is 21.3 Å². The summed E-state index contributed by atoms with van der Waals surface area (Å²) in [6.07, 6.45) is 15.8. The topological polar surface area (TPSA) is 88.6 Å². The summed E-state index contributed by atoms with van der Waals surface area (Å²) in [6, 6.07) is 8.90. The van der Waals surface area contributed by atoms with E-state index in [9.17, 15) is 10.2 Å². The summed E-state index contributed by atoms with van der Waals surface area (Å²) in [5.41, 5.74) is 6.65. The van der Waals surface area contributed by atoms with Crippen molar-refractivity contribution in [3.8, 4) is 11.5 Å². The van der Waals surface area contributed by atoms with Gasteiger partial charge < -0.3 is 31.5 Å². The zero-order valence-corrected chi connectivity index (χ0v) is 43.0. The Labute approximate surface area is 388 Å². The Hall–Kier alpha value is -0.960. The Kier molecular flexibility index (Phi) is 32.7. The van der Waals surface area contributed by atoms with Gasteiger partial charge in [0.2, 0.25) is 0 Å². The third kappa shape index (κ3) is 25.1. The average Bonchev–Trinajstić information content (AvgIpc) is 3.07. The van der Waals surface area contributed by atoms with E-state index in [4.69, 9.17) is 0 Å². The maximum Gasteiger partial charge on any atom is 0.123 e. The van der Waals surface area contributed by atoms with Gasteiger partial charge in [-0.05, 0) is 172 Å². The van der Waals surface area contributed by atoms with Gasteiger partial charge in [0.05, 0.1) is 0 Å². The van der Waals surface area contributed by atoms with Crippen molar-refractivity contribution >= 4 is 49.6 Å². The molecule has 0 saturated carbocycles. The van der Waals surface area contributed by atoms with E-state index in [0.29, 0.717) is 11.5 Å². The normalized spacial score (nSPS) is 12.0. The highest BCUT2D eigenvalue weighted by Gasteiger charge is 2.27. The predicted molar refractivity (Wildman–Crippen MR) is 270 cm³/mol. The fraction of sp³-hybridized carbons (Fsp3) is 0.755. The maximum atomic E-state index is 11.0. The fourth-order valence-electron chi connectivity index (χ4n) is 7.33. The Bertz CT molecular complexity index is 1200. The number of benzene rings is 2. The zero-order valence-electron chi connectivity index (χ0n) is 39.7. The average molecular weight is 911 g/mol. The predicted octanol–water partition coefficient (Wildman–Crippen LogP) is 12.4.